The first-order valence-corrected chi connectivity index (χ1v) is 9.62. The fourth-order valence-electron chi connectivity index (χ4n) is 3.66. The molecule has 0 amide bonds. The third kappa shape index (κ3) is 3.95. The van der Waals surface area contributed by atoms with Gasteiger partial charge in [-0.15, -0.1) is 0 Å². The minimum absolute atomic E-state index is 0.103. The van der Waals surface area contributed by atoms with E-state index in [-0.39, 0.29) is 11.0 Å². The van der Waals surface area contributed by atoms with Crippen molar-refractivity contribution in [3.05, 3.63) is 52.1 Å². The lowest BCUT2D eigenvalue weighted by atomic mass is 9.85. The molecule has 0 bridgehead atoms. The molecule has 0 fully saturated rings. The average Bonchev–Trinajstić information content (AvgIpc) is 2.60. The van der Waals surface area contributed by atoms with Gasteiger partial charge in [0.15, 0.2) is 0 Å². The van der Waals surface area contributed by atoms with Crippen LogP contribution in [0.3, 0.4) is 0 Å². The van der Waals surface area contributed by atoms with Gasteiger partial charge in [-0.05, 0) is 62.3 Å². The molecule has 2 aromatic rings. The summed E-state index contributed by atoms with van der Waals surface area (Å²) in [5.41, 5.74) is 3.42. The topological polar surface area (TPSA) is 47.2 Å². The van der Waals surface area contributed by atoms with Crippen molar-refractivity contribution in [1.29, 1.82) is 0 Å². The molecule has 1 aliphatic heterocycles. The first kappa shape index (κ1) is 18.6. The van der Waals surface area contributed by atoms with Crippen molar-refractivity contribution in [2.45, 2.75) is 59.9 Å². The van der Waals surface area contributed by atoms with E-state index in [9.17, 15) is 4.79 Å². The third-order valence-corrected chi connectivity index (χ3v) is 5.10. The maximum Gasteiger partial charge on any atom is 0.261 e. The van der Waals surface area contributed by atoms with Crippen molar-refractivity contribution in [1.82, 2.24) is 9.55 Å². The molecule has 1 aromatic heterocycles. The van der Waals surface area contributed by atoms with Crippen LogP contribution in [0.25, 0.3) is 10.9 Å². The highest BCUT2D eigenvalue weighted by Crippen LogP contribution is 2.29. The van der Waals surface area contributed by atoms with Crippen molar-refractivity contribution < 1.29 is 0 Å². The first-order valence-electron chi connectivity index (χ1n) is 9.62. The third-order valence-electron chi connectivity index (χ3n) is 5.10. The van der Waals surface area contributed by atoms with Crippen LogP contribution in [0.2, 0.25) is 0 Å². The van der Waals surface area contributed by atoms with E-state index >= 15 is 0 Å². The van der Waals surface area contributed by atoms with Crippen LogP contribution in [0, 0.1) is 5.41 Å². The van der Waals surface area contributed by atoms with Gasteiger partial charge in [-0.3, -0.25) is 14.4 Å². The van der Waals surface area contributed by atoms with Gasteiger partial charge in [0.1, 0.15) is 5.82 Å². The van der Waals surface area contributed by atoms with Crippen LogP contribution in [0.15, 0.2) is 40.1 Å². The number of hydrogen-bond acceptors (Lipinski definition) is 3. The van der Waals surface area contributed by atoms with Crippen molar-refractivity contribution >= 4 is 16.6 Å². The molecule has 26 heavy (non-hydrogen) atoms. The number of rotatable bonds is 5. The molecule has 0 saturated heterocycles. The summed E-state index contributed by atoms with van der Waals surface area (Å²) in [6, 6.07) is 6.09. The summed E-state index contributed by atoms with van der Waals surface area (Å²) in [6.07, 6.45) is 7.87. The lowest BCUT2D eigenvalue weighted by Gasteiger charge is -2.31. The molecule has 0 N–H and O–H groups in total. The largest absolute Gasteiger partial charge is 0.296 e. The molecule has 0 spiro atoms. The summed E-state index contributed by atoms with van der Waals surface area (Å²) in [5.74, 6) is 0.932. The molecule has 0 atom stereocenters. The normalized spacial score (nSPS) is 17.0. The highest BCUT2D eigenvalue weighted by molar-refractivity contribution is 5.95. The Morgan fingerprint density at radius 1 is 1.38 bits per heavy atom. The Morgan fingerprint density at radius 2 is 2.19 bits per heavy atom. The van der Waals surface area contributed by atoms with E-state index in [1.807, 2.05) is 23.6 Å². The molecule has 1 aromatic carbocycles. The molecule has 0 radical (unpaired) electrons. The molecule has 138 valence electrons. The van der Waals surface area contributed by atoms with Gasteiger partial charge in [0.05, 0.1) is 10.9 Å². The van der Waals surface area contributed by atoms with Crippen LogP contribution in [-0.4, -0.2) is 21.8 Å². The molecule has 0 saturated carbocycles. The van der Waals surface area contributed by atoms with Crippen LogP contribution in [-0.2, 0) is 19.4 Å². The van der Waals surface area contributed by atoms with Gasteiger partial charge in [-0.25, -0.2) is 4.98 Å². The summed E-state index contributed by atoms with van der Waals surface area (Å²) in [4.78, 5) is 22.3. The van der Waals surface area contributed by atoms with E-state index in [1.54, 1.807) is 0 Å². The summed E-state index contributed by atoms with van der Waals surface area (Å²) in [6.45, 7) is 10.1. The Kier molecular flexibility index (Phi) is 5.40. The molecule has 1 aliphatic rings. The highest BCUT2D eigenvalue weighted by atomic mass is 16.1. The molecule has 0 unspecified atom stereocenters. The predicted octanol–water partition coefficient (Wildman–Crippen LogP) is 4.34. The van der Waals surface area contributed by atoms with E-state index < -0.39 is 0 Å². The van der Waals surface area contributed by atoms with E-state index in [0.717, 1.165) is 61.2 Å². The molecule has 0 aliphatic carbocycles. The molecular weight excluding hydrogens is 322 g/mol. The van der Waals surface area contributed by atoms with Gasteiger partial charge >= 0.3 is 0 Å². The fourth-order valence-corrected chi connectivity index (χ4v) is 3.66. The number of aryl methyl sites for hydroxylation is 2. The second-order valence-electron chi connectivity index (χ2n) is 7.90. The standard InChI is InChI=1S/C22H29N3O/c1-5-7-17(23-6-2)10-8-16-9-11-18-19(14-16)24-20-12-13-22(3,4)15-25(20)21(18)26/h5,7,9,11,14H,6,8,10,12-13,15H2,1-4H3/b7-5-,23-17?. The molecule has 3 rings (SSSR count). The number of allylic oxidation sites excluding steroid dienone is 2. The lowest BCUT2D eigenvalue weighted by molar-refractivity contribution is 0.240. The number of fused-ring (bicyclic) bond motifs is 2. The maximum absolute atomic E-state index is 12.9. The number of aromatic nitrogens is 2. The SMILES string of the molecule is C/C=C\C(CCc1ccc2c(=O)n3c(nc2c1)CCC(C)(C)C3)=NCC. The first-order chi connectivity index (χ1) is 12.4. The quantitative estimate of drug-likeness (QED) is 0.752. The number of nitrogens with zero attached hydrogens (tertiary/aromatic N) is 3. The average molecular weight is 351 g/mol. The highest BCUT2D eigenvalue weighted by Gasteiger charge is 2.27. The monoisotopic (exact) mass is 351 g/mol. The smallest absolute Gasteiger partial charge is 0.261 e. The van der Waals surface area contributed by atoms with Gasteiger partial charge in [-0.1, -0.05) is 26.0 Å². The van der Waals surface area contributed by atoms with Crippen LogP contribution in [0.5, 0.6) is 0 Å². The van der Waals surface area contributed by atoms with Crippen molar-refractivity contribution in [3.8, 4) is 0 Å². The molecule has 4 heteroatoms. The molecule has 4 nitrogen and oxygen atoms in total. The van der Waals surface area contributed by atoms with Crippen molar-refractivity contribution in [2.24, 2.45) is 10.4 Å². The Morgan fingerprint density at radius 3 is 2.92 bits per heavy atom. The molecule has 2 heterocycles. The second kappa shape index (κ2) is 7.56. The summed E-state index contributed by atoms with van der Waals surface area (Å²) in [5, 5.41) is 0.728. The Hall–Kier alpha value is -2.23. The van der Waals surface area contributed by atoms with Crippen molar-refractivity contribution in [2.75, 3.05) is 6.54 Å². The minimum atomic E-state index is 0.103. The van der Waals surface area contributed by atoms with Crippen LogP contribution >= 0.6 is 0 Å². The molecular formula is C22H29N3O. The van der Waals surface area contributed by atoms with E-state index in [2.05, 4.69) is 44.0 Å². The van der Waals surface area contributed by atoms with E-state index in [1.165, 1.54) is 5.56 Å². The fraction of sp³-hybridized carbons (Fsp3) is 0.500. The van der Waals surface area contributed by atoms with Gasteiger partial charge in [0, 0.05) is 25.2 Å². The second-order valence-corrected chi connectivity index (χ2v) is 7.90. The summed E-state index contributed by atoms with van der Waals surface area (Å²) >= 11 is 0. The minimum Gasteiger partial charge on any atom is -0.296 e. The van der Waals surface area contributed by atoms with E-state index in [0.29, 0.717) is 0 Å². The zero-order valence-electron chi connectivity index (χ0n) is 16.4. The maximum atomic E-state index is 12.9. The van der Waals surface area contributed by atoms with Crippen molar-refractivity contribution in [3.63, 3.8) is 0 Å². The Balaban J connectivity index is 1.90. The summed E-state index contributed by atoms with van der Waals surface area (Å²) < 4.78 is 1.88. The zero-order chi connectivity index (χ0) is 18.7. The van der Waals surface area contributed by atoms with Crippen LogP contribution in [0.4, 0.5) is 0 Å². The zero-order valence-corrected chi connectivity index (χ0v) is 16.4. The van der Waals surface area contributed by atoms with Crippen LogP contribution in [0.1, 0.15) is 51.9 Å². The van der Waals surface area contributed by atoms with Gasteiger partial charge in [-0.2, -0.15) is 0 Å². The Labute approximate surface area is 155 Å². The Bertz CT molecular complexity index is 919. The number of aliphatic imine (C=N–C) groups is 1. The lowest BCUT2D eigenvalue weighted by Crippen LogP contribution is -2.36. The number of benzene rings is 1. The van der Waals surface area contributed by atoms with Gasteiger partial charge in [0.2, 0.25) is 0 Å². The van der Waals surface area contributed by atoms with Gasteiger partial charge < -0.3 is 0 Å². The van der Waals surface area contributed by atoms with Gasteiger partial charge in [0.25, 0.3) is 5.56 Å². The van der Waals surface area contributed by atoms with E-state index in [4.69, 9.17) is 4.98 Å². The predicted molar refractivity (Wildman–Crippen MR) is 109 cm³/mol. The van der Waals surface area contributed by atoms with Crippen LogP contribution < -0.4 is 5.56 Å². The number of hydrogen-bond donors (Lipinski definition) is 0. The summed E-state index contributed by atoms with van der Waals surface area (Å²) in [7, 11) is 0.